The van der Waals surface area contributed by atoms with Crippen LogP contribution in [0.5, 0.6) is 0 Å². The first-order valence-corrected chi connectivity index (χ1v) is 3.38. The third kappa shape index (κ3) is 0.903. The van der Waals surface area contributed by atoms with E-state index in [1.165, 1.54) is 0 Å². The Balaban J connectivity index is 2.39. The first-order chi connectivity index (χ1) is 5.66. The number of fused-ring (bicyclic) bond motifs is 2. The van der Waals surface area contributed by atoms with Crippen LogP contribution in [0.15, 0.2) is 11.8 Å². The van der Waals surface area contributed by atoms with E-state index in [0.717, 1.165) is 6.08 Å². The second-order valence-corrected chi connectivity index (χ2v) is 2.54. The predicted octanol–water partition coefficient (Wildman–Crippen LogP) is -1.10. The molecule has 61 valence electrons. The van der Waals surface area contributed by atoms with Crippen LogP contribution < -0.4 is 5.32 Å². The highest BCUT2D eigenvalue weighted by atomic mass is 16.5. The lowest BCUT2D eigenvalue weighted by molar-refractivity contribution is -0.148. The summed E-state index contributed by atoms with van der Waals surface area (Å²) < 4.78 is 4.86. The molecule has 1 saturated heterocycles. The monoisotopic (exact) mass is 166 g/mol. The number of ketones is 1. The van der Waals surface area contributed by atoms with Gasteiger partial charge in [0, 0.05) is 6.08 Å². The number of hydrogen-bond donors (Lipinski definition) is 0. The molecule has 2 amide bonds. The molecule has 12 heavy (non-hydrogen) atoms. The summed E-state index contributed by atoms with van der Waals surface area (Å²) in [5.41, 5.74) is 0. The van der Waals surface area contributed by atoms with Crippen molar-refractivity contribution in [2.24, 2.45) is 0 Å². The van der Waals surface area contributed by atoms with Gasteiger partial charge in [-0.3, -0.25) is 14.4 Å². The van der Waals surface area contributed by atoms with E-state index in [9.17, 15) is 14.4 Å². The number of carbonyl (C=O) groups is 3. The van der Waals surface area contributed by atoms with E-state index in [1.54, 1.807) is 0 Å². The summed E-state index contributed by atoms with van der Waals surface area (Å²) >= 11 is 0. The van der Waals surface area contributed by atoms with Gasteiger partial charge in [-0.25, -0.2) is 0 Å². The first-order valence-electron chi connectivity index (χ1n) is 3.38. The summed E-state index contributed by atoms with van der Waals surface area (Å²) in [5.74, 6) is -1.80. The number of carbonyl (C=O) groups excluding carboxylic acids is 3. The number of rotatable bonds is 0. The summed E-state index contributed by atoms with van der Waals surface area (Å²) in [4.78, 5) is 32.6. The molecule has 2 aliphatic rings. The van der Waals surface area contributed by atoms with Gasteiger partial charge in [0.25, 0.3) is 5.91 Å². The number of allylic oxidation sites excluding steroid dienone is 1. The average molecular weight is 166 g/mol. The van der Waals surface area contributed by atoms with Crippen LogP contribution in [-0.4, -0.2) is 23.7 Å². The van der Waals surface area contributed by atoms with Gasteiger partial charge in [-0.1, -0.05) is 0 Å². The molecule has 1 radical (unpaired) electrons. The summed E-state index contributed by atoms with van der Waals surface area (Å²) in [6.45, 7) is 0. The Bertz CT molecular complexity index is 317. The number of nitrogens with zero attached hydrogens (tertiary/aromatic N) is 1. The lowest BCUT2D eigenvalue weighted by Crippen LogP contribution is -2.45. The van der Waals surface area contributed by atoms with Crippen molar-refractivity contribution in [3.8, 4) is 0 Å². The zero-order chi connectivity index (χ0) is 8.72. The fraction of sp³-hybridized carbons (Fsp3) is 0.286. The third-order valence-corrected chi connectivity index (χ3v) is 1.65. The lowest BCUT2D eigenvalue weighted by Gasteiger charge is -2.24. The Labute approximate surface area is 67.4 Å². The van der Waals surface area contributed by atoms with Gasteiger partial charge in [0.2, 0.25) is 0 Å². The summed E-state index contributed by atoms with van der Waals surface area (Å²) in [6.07, 6.45) is 0.198. The van der Waals surface area contributed by atoms with Crippen LogP contribution in [0.25, 0.3) is 0 Å². The molecule has 2 aliphatic heterocycles. The molecule has 2 rings (SSSR count). The van der Waals surface area contributed by atoms with E-state index in [-0.39, 0.29) is 18.0 Å². The van der Waals surface area contributed by atoms with Gasteiger partial charge in [-0.2, -0.15) is 5.32 Å². The van der Waals surface area contributed by atoms with Gasteiger partial charge < -0.3 is 4.74 Å². The first kappa shape index (κ1) is 7.02. The maximum Gasteiger partial charge on any atom is 0.315 e. The van der Waals surface area contributed by atoms with Crippen molar-refractivity contribution in [1.82, 2.24) is 5.32 Å². The molecule has 1 unspecified atom stereocenters. The molecule has 0 aromatic carbocycles. The van der Waals surface area contributed by atoms with Crippen LogP contribution in [0.2, 0.25) is 0 Å². The van der Waals surface area contributed by atoms with Crippen LogP contribution in [-0.2, 0) is 19.1 Å². The molecule has 2 bridgehead atoms. The van der Waals surface area contributed by atoms with E-state index in [4.69, 9.17) is 4.74 Å². The minimum Gasteiger partial charge on any atom is -0.474 e. The van der Waals surface area contributed by atoms with Crippen LogP contribution in [0.3, 0.4) is 0 Å². The van der Waals surface area contributed by atoms with Crippen molar-refractivity contribution in [2.75, 3.05) is 0 Å². The quantitative estimate of drug-likeness (QED) is 0.428. The van der Waals surface area contributed by atoms with Crippen LogP contribution >= 0.6 is 0 Å². The fourth-order valence-corrected chi connectivity index (χ4v) is 1.09. The molecule has 2 heterocycles. The van der Waals surface area contributed by atoms with Crippen molar-refractivity contribution in [3.05, 3.63) is 11.8 Å². The maximum absolute atomic E-state index is 10.9. The molecule has 5 heteroatoms. The molecule has 0 N–H and O–H groups in total. The Morgan fingerprint density at radius 1 is 1.42 bits per heavy atom. The van der Waals surface area contributed by atoms with Crippen molar-refractivity contribution >= 4 is 17.6 Å². The highest BCUT2D eigenvalue weighted by Gasteiger charge is 2.38. The largest absolute Gasteiger partial charge is 0.474 e. The van der Waals surface area contributed by atoms with Crippen LogP contribution in [0.1, 0.15) is 6.42 Å². The summed E-state index contributed by atoms with van der Waals surface area (Å²) in [6, 6.07) is 0. The molecular formula is C7H4NO4. The maximum atomic E-state index is 10.9. The zero-order valence-corrected chi connectivity index (χ0v) is 5.94. The number of morpholine rings is 1. The molecule has 1 atom stereocenters. The van der Waals surface area contributed by atoms with Gasteiger partial charge in [0.15, 0.2) is 17.6 Å². The molecule has 1 fully saturated rings. The minimum absolute atomic E-state index is 0.0148. The van der Waals surface area contributed by atoms with Crippen molar-refractivity contribution < 1.29 is 19.1 Å². The highest BCUT2D eigenvalue weighted by Crippen LogP contribution is 2.19. The number of ether oxygens (including phenoxy) is 1. The summed E-state index contributed by atoms with van der Waals surface area (Å²) in [5, 5.41) is 3.18. The molecule has 0 aromatic heterocycles. The Morgan fingerprint density at radius 3 is 2.92 bits per heavy atom. The second-order valence-electron chi connectivity index (χ2n) is 2.54. The van der Waals surface area contributed by atoms with Crippen molar-refractivity contribution in [1.29, 1.82) is 0 Å². The van der Waals surface area contributed by atoms with Gasteiger partial charge in [0.05, 0.1) is 6.42 Å². The van der Waals surface area contributed by atoms with Crippen LogP contribution in [0.4, 0.5) is 0 Å². The standard InChI is InChI=1S/C7H4NO4/c9-3-1-4-6(10)8-7(11)5(2-3)12-4/h1,5H,2H2. The van der Waals surface area contributed by atoms with E-state index in [1.807, 2.05) is 0 Å². The van der Waals surface area contributed by atoms with Crippen LogP contribution in [0, 0.1) is 0 Å². The van der Waals surface area contributed by atoms with E-state index < -0.39 is 17.9 Å². The predicted molar refractivity (Wildman–Crippen MR) is 34.7 cm³/mol. The Hall–Kier alpha value is -1.65. The van der Waals surface area contributed by atoms with Gasteiger partial charge in [0.1, 0.15) is 0 Å². The zero-order valence-electron chi connectivity index (χ0n) is 5.94. The van der Waals surface area contributed by atoms with Crippen molar-refractivity contribution in [2.45, 2.75) is 12.5 Å². The fourth-order valence-electron chi connectivity index (χ4n) is 1.09. The second kappa shape index (κ2) is 2.17. The number of imide groups is 1. The Kier molecular flexibility index (Phi) is 1.27. The minimum atomic E-state index is -0.866. The molecule has 0 spiro atoms. The number of amides is 2. The SMILES string of the molecule is O=C1C=C2OC(C1)C(=O)[N]C2=O. The van der Waals surface area contributed by atoms with E-state index in [0.29, 0.717) is 0 Å². The van der Waals surface area contributed by atoms with E-state index >= 15 is 0 Å². The number of hydrogen-bond acceptors (Lipinski definition) is 4. The molecule has 0 aliphatic carbocycles. The molecular weight excluding hydrogens is 162 g/mol. The van der Waals surface area contributed by atoms with Gasteiger partial charge in [-0.15, -0.1) is 0 Å². The third-order valence-electron chi connectivity index (χ3n) is 1.65. The lowest BCUT2D eigenvalue weighted by atomic mass is 10.1. The molecule has 0 saturated carbocycles. The molecule has 5 nitrogen and oxygen atoms in total. The topological polar surface area (TPSA) is 74.5 Å². The smallest absolute Gasteiger partial charge is 0.315 e. The van der Waals surface area contributed by atoms with Gasteiger partial charge >= 0.3 is 5.91 Å². The van der Waals surface area contributed by atoms with E-state index in [2.05, 4.69) is 5.32 Å². The average Bonchev–Trinajstić information content (AvgIpc) is 2.01. The Morgan fingerprint density at radius 2 is 2.17 bits per heavy atom. The highest BCUT2D eigenvalue weighted by molar-refractivity contribution is 6.12. The van der Waals surface area contributed by atoms with Gasteiger partial charge in [-0.05, 0) is 0 Å². The summed E-state index contributed by atoms with van der Waals surface area (Å²) in [7, 11) is 0. The normalized spacial score (nSPS) is 27.5. The van der Waals surface area contributed by atoms with Crippen molar-refractivity contribution in [3.63, 3.8) is 0 Å². The molecule has 0 aromatic rings.